The molecule has 0 atom stereocenters. The van der Waals surface area contributed by atoms with E-state index in [1.165, 1.54) is 12.5 Å². The predicted molar refractivity (Wildman–Crippen MR) is 42.7 cm³/mol. The van der Waals surface area contributed by atoms with Gasteiger partial charge in [0, 0.05) is 6.04 Å². The second kappa shape index (κ2) is 4.09. The van der Waals surface area contributed by atoms with E-state index in [0.29, 0.717) is 6.04 Å². The molecule has 0 aromatic carbocycles. The minimum Gasteiger partial charge on any atom is -0.350 e. The van der Waals surface area contributed by atoms with Crippen LogP contribution in [0.15, 0.2) is 12.7 Å². The van der Waals surface area contributed by atoms with E-state index in [9.17, 15) is 4.79 Å². The highest BCUT2D eigenvalue weighted by Crippen LogP contribution is 2.17. The van der Waals surface area contributed by atoms with Crippen molar-refractivity contribution >= 4 is 5.91 Å². The molecule has 0 heterocycles. The van der Waals surface area contributed by atoms with Crippen LogP contribution in [0, 0.1) is 0 Å². The predicted octanol–water partition coefficient (Wildman–Crippen LogP) is 1.48. The van der Waals surface area contributed by atoms with Crippen LogP contribution in [0.4, 0.5) is 0 Å². The van der Waals surface area contributed by atoms with Crippen LogP contribution in [-0.4, -0.2) is 11.9 Å². The lowest BCUT2D eigenvalue weighted by Gasteiger charge is -2.25. The molecule has 1 saturated carbocycles. The Bertz CT molecular complexity index is 127. The summed E-state index contributed by atoms with van der Waals surface area (Å²) in [5.41, 5.74) is 0. The number of carbonyl (C=O) groups excluding carboxylic acids is 1. The third kappa shape index (κ3) is 2.21. The molecule has 1 aliphatic carbocycles. The van der Waals surface area contributed by atoms with Gasteiger partial charge in [-0.25, -0.2) is 0 Å². The van der Waals surface area contributed by atoms with Crippen molar-refractivity contribution in [3.63, 3.8) is 0 Å². The summed E-state index contributed by atoms with van der Waals surface area (Å²) in [7, 11) is 0. The molecule has 1 aliphatic rings. The molecule has 2 heteroatoms. The number of nitrogens with one attached hydrogen (secondary N) is 1. The van der Waals surface area contributed by atoms with Gasteiger partial charge in [-0.3, -0.25) is 4.79 Å². The Balaban J connectivity index is 0.000000810. The molecule has 1 rings (SSSR count). The fourth-order valence-electron chi connectivity index (χ4n) is 0.813. The molecular formula is C8H15NO. The zero-order valence-corrected chi connectivity index (χ0v) is 5.39. The van der Waals surface area contributed by atoms with Crippen molar-refractivity contribution in [3.05, 3.63) is 12.7 Å². The average molecular weight is 141 g/mol. The Morgan fingerprint density at radius 3 is 2.50 bits per heavy atom. The lowest BCUT2D eigenvalue weighted by molar-refractivity contribution is -0.117. The van der Waals surface area contributed by atoms with Crippen LogP contribution in [0.25, 0.3) is 0 Å². The first-order chi connectivity index (χ1) is 4.33. The first-order valence-electron chi connectivity index (χ1n) is 3.26. The molecular weight excluding hydrogens is 126 g/mol. The van der Waals surface area contributed by atoms with Crippen LogP contribution in [0.3, 0.4) is 0 Å². The highest BCUT2D eigenvalue weighted by Gasteiger charge is 2.17. The summed E-state index contributed by atoms with van der Waals surface area (Å²) in [5.74, 6) is -0.0419. The molecule has 0 spiro atoms. The zero-order valence-electron chi connectivity index (χ0n) is 5.39. The summed E-state index contributed by atoms with van der Waals surface area (Å²) in [6.45, 7) is 3.36. The summed E-state index contributed by atoms with van der Waals surface area (Å²) in [4.78, 5) is 10.6. The van der Waals surface area contributed by atoms with E-state index in [1.54, 1.807) is 0 Å². The van der Waals surface area contributed by atoms with Gasteiger partial charge in [-0.1, -0.05) is 14.0 Å². The van der Waals surface area contributed by atoms with E-state index in [4.69, 9.17) is 0 Å². The lowest BCUT2D eigenvalue weighted by Crippen LogP contribution is -2.38. The van der Waals surface area contributed by atoms with Gasteiger partial charge in [-0.15, -0.1) is 0 Å². The smallest absolute Gasteiger partial charge is 0.243 e. The largest absolute Gasteiger partial charge is 0.350 e. The number of hydrogen-bond acceptors (Lipinski definition) is 1. The zero-order chi connectivity index (χ0) is 6.69. The third-order valence-electron chi connectivity index (χ3n) is 1.64. The van der Waals surface area contributed by atoms with E-state index in [0.717, 1.165) is 12.8 Å². The third-order valence-corrected chi connectivity index (χ3v) is 1.64. The van der Waals surface area contributed by atoms with Gasteiger partial charge in [0.15, 0.2) is 0 Å². The molecule has 0 unspecified atom stereocenters. The molecule has 1 fully saturated rings. The topological polar surface area (TPSA) is 29.1 Å². The highest BCUT2D eigenvalue weighted by molar-refractivity contribution is 5.87. The van der Waals surface area contributed by atoms with Crippen LogP contribution in [0.2, 0.25) is 0 Å². The summed E-state index contributed by atoms with van der Waals surface area (Å²) in [6, 6.07) is 0.440. The Morgan fingerprint density at radius 1 is 1.60 bits per heavy atom. The van der Waals surface area contributed by atoms with Gasteiger partial charge in [0.05, 0.1) is 0 Å². The molecule has 0 aromatic heterocycles. The highest BCUT2D eigenvalue weighted by atomic mass is 16.1. The van der Waals surface area contributed by atoms with Crippen LogP contribution in [-0.2, 0) is 4.79 Å². The van der Waals surface area contributed by atoms with Crippen LogP contribution in [0.5, 0.6) is 0 Å². The minimum atomic E-state index is -0.0419. The summed E-state index contributed by atoms with van der Waals surface area (Å²) < 4.78 is 0. The number of rotatable bonds is 2. The van der Waals surface area contributed by atoms with Crippen molar-refractivity contribution in [3.8, 4) is 0 Å². The van der Waals surface area contributed by atoms with Crippen LogP contribution >= 0.6 is 0 Å². The molecule has 0 aromatic rings. The maximum atomic E-state index is 10.6. The monoisotopic (exact) mass is 141 g/mol. The van der Waals surface area contributed by atoms with E-state index >= 15 is 0 Å². The van der Waals surface area contributed by atoms with Crippen molar-refractivity contribution in [1.29, 1.82) is 0 Å². The molecule has 0 radical (unpaired) electrons. The number of hydrogen-bond donors (Lipinski definition) is 1. The minimum absolute atomic E-state index is 0. The molecule has 2 nitrogen and oxygen atoms in total. The van der Waals surface area contributed by atoms with Crippen molar-refractivity contribution in [1.82, 2.24) is 5.32 Å². The van der Waals surface area contributed by atoms with E-state index < -0.39 is 0 Å². The summed E-state index contributed by atoms with van der Waals surface area (Å²) in [6.07, 6.45) is 4.85. The van der Waals surface area contributed by atoms with Gasteiger partial charge in [0.1, 0.15) is 0 Å². The van der Waals surface area contributed by atoms with Crippen LogP contribution in [0.1, 0.15) is 26.7 Å². The van der Waals surface area contributed by atoms with E-state index in [2.05, 4.69) is 11.9 Å². The Morgan fingerprint density at radius 2 is 2.20 bits per heavy atom. The molecule has 1 N–H and O–H groups in total. The number of carbonyl (C=O) groups is 1. The molecule has 0 aliphatic heterocycles. The maximum Gasteiger partial charge on any atom is 0.243 e. The van der Waals surface area contributed by atoms with Gasteiger partial charge in [-0.2, -0.15) is 0 Å². The second-order valence-corrected chi connectivity index (χ2v) is 2.34. The number of amides is 1. The quantitative estimate of drug-likeness (QED) is 0.580. The van der Waals surface area contributed by atoms with Crippen LogP contribution < -0.4 is 5.32 Å². The SMILES string of the molecule is C.C=CC(=O)NC1CCC1. The van der Waals surface area contributed by atoms with Gasteiger partial charge in [0.2, 0.25) is 5.91 Å². The molecule has 1 amide bonds. The Kier molecular flexibility index (Phi) is 3.77. The second-order valence-electron chi connectivity index (χ2n) is 2.34. The standard InChI is InChI=1S/C7H11NO.CH4/c1-2-7(9)8-6-4-3-5-6;/h2,6H,1,3-5H2,(H,8,9);1H4. The van der Waals surface area contributed by atoms with Gasteiger partial charge in [0.25, 0.3) is 0 Å². The first kappa shape index (κ1) is 9.21. The summed E-state index contributed by atoms with van der Waals surface area (Å²) in [5, 5.41) is 2.81. The fourth-order valence-corrected chi connectivity index (χ4v) is 0.813. The molecule has 0 bridgehead atoms. The Hall–Kier alpha value is -0.790. The van der Waals surface area contributed by atoms with Crippen molar-refractivity contribution < 1.29 is 4.79 Å². The average Bonchev–Trinajstić information content (AvgIpc) is 1.78. The van der Waals surface area contributed by atoms with E-state index in [-0.39, 0.29) is 13.3 Å². The first-order valence-corrected chi connectivity index (χ1v) is 3.26. The van der Waals surface area contributed by atoms with Gasteiger partial charge in [-0.05, 0) is 25.3 Å². The summed E-state index contributed by atoms with van der Waals surface area (Å²) >= 11 is 0. The lowest BCUT2D eigenvalue weighted by atomic mass is 9.93. The van der Waals surface area contributed by atoms with Crippen molar-refractivity contribution in [2.45, 2.75) is 32.7 Å². The van der Waals surface area contributed by atoms with E-state index in [1.807, 2.05) is 0 Å². The van der Waals surface area contributed by atoms with Gasteiger partial charge >= 0.3 is 0 Å². The molecule has 0 saturated heterocycles. The Labute approximate surface area is 62.3 Å². The van der Waals surface area contributed by atoms with Gasteiger partial charge < -0.3 is 5.32 Å². The maximum absolute atomic E-state index is 10.6. The van der Waals surface area contributed by atoms with Crippen molar-refractivity contribution in [2.75, 3.05) is 0 Å². The molecule has 58 valence electrons. The fraction of sp³-hybridized carbons (Fsp3) is 0.625. The van der Waals surface area contributed by atoms with Crippen molar-refractivity contribution in [2.24, 2.45) is 0 Å². The normalized spacial score (nSPS) is 16.4. The molecule has 10 heavy (non-hydrogen) atoms.